The van der Waals surface area contributed by atoms with E-state index in [-0.39, 0.29) is 220 Å². The van der Waals surface area contributed by atoms with Gasteiger partial charge in [0, 0.05) is 65.4 Å². The number of nitrogens with two attached hydrogens (primary N) is 2. The summed E-state index contributed by atoms with van der Waals surface area (Å²) >= 11 is 5.63. The van der Waals surface area contributed by atoms with Gasteiger partial charge >= 0.3 is 138 Å². The monoisotopic (exact) mass is 1440 g/mol. The number of aliphatic hydroxyl groups excluding tert-OH is 1. The van der Waals surface area contributed by atoms with Crippen molar-refractivity contribution in [2.45, 2.75) is 73.3 Å². The minimum absolute atomic E-state index is 0. The van der Waals surface area contributed by atoms with Gasteiger partial charge in [-0.05, 0) is 104 Å². The molecule has 0 spiro atoms. The molecule has 0 saturated heterocycles. The maximum absolute atomic E-state index is 15.1. The molecule has 0 bridgehead atoms. The van der Waals surface area contributed by atoms with Crippen molar-refractivity contribution in [3.05, 3.63) is 111 Å². The third kappa shape index (κ3) is 17.8. The van der Waals surface area contributed by atoms with Gasteiger partial charge in [-0.2, -0.15) is 0 Å². The van der Waals surface area contributed by atoms with Crippen molar-refractivity contribution in [1.29, 1.82) is 0 Å². The number of methoxy groups -OCH3 is 2. The van der Waals surface area contributed by atoms with Gasteiger partial charge in [-0.25, -0.2) is 37.5 Å². The molecule has 79 heavy (non-hydrogen) atoms. The Balaban J connectivity index is 0.000000456. The van der Waals surface area contributed by atoms with E-state index < -0.39 is 43.9 Å². The zero-order valence-electron chi connectivity index (χ0n) is 46.8. The summed E-state index contributed by atoms with van der Waals surface area (Å²) in [6, 6.07) is 8.58. The fraction of sp³-hybridized carbons (Fsp3) is 0.431. The summed E-state index contributed by atoms with van der Waals surface area (Å²) in [5, 5.41) is 17.3. The van der Waals surface area contributed by atoms with E-state index in [1.807, 2.05) is 6.92 Å². The van der Waals surface area contributed by atoms with E-state index in [1.165, 1.54) is 94.5 Å². The first-order valence-corrected chi connectivity index (χ1v) is 25.9. The topological polar surface area (TPSA) is 266 Å². The van der Waals surface area contributed by atoms with E-state index in [0.717, 1.165) is 0 Å². The van der Waals surface area contributed by atoms with Gasteiger partial charge in [0.2, 0.25) is 17.7 Å². The fourth-order valence-electron chi connectivity index (χ4n) is 9.00. The molecule has 418 valence electrons. The molecule has 2 fully saturated rings. The van der Waals surface area contributed by atoms with Crippen LogP contribution in [-0.2, 0) is 39.8 Å². The van der Waals surface area contributed by atoms with Crippen molar-refractivity contribution >= 4 is 91.9 Å². The van der Waals surface area contributed by atoms with Crippen LogP contribution < -0.4 is 159 Å². The van der Waals surface area contributed by atoms with Crippen LogP contribution in [0.5, 0.6) is 5.88 Å². The number of benzene rings is 2. The number of rotatable bonds is 15. The van der Waals surface area contributed by atoms with Crippen molar-refractivity contribution in [2.24, 2.45) is 33.3 Å². The van der Waals surface area contributed by atoms with Crippen LogP contribution in [-0.4, -0.2) is 141 Å². The molecule has 5 N–H and O–H groups in total. The van der Waals surface area contributed by atoms with Crippen LogP contribution in [0.4, 0.5) is 17.6 Å². The molecular weight excluding hydrogens is 1380 g/mol. The number of amides is 2. The molecule has 28 heteroatoms. The number of carbonyl (C=O) groups excluding carboxylic acids is 3. The van der Waals surface area contributed by atoms with Crippen LogP contribution in [0.3, 0.4) is 0 Å². The van der Waals surface area contributed by atoms with Gasteiger partial charge in [0.1, 0.15) is 43.2 Å². The van der Waals surface area contributed by atoms with Gasteiger partial charge in [0.05, 0.1) is 55.2 Å². The maximum atomic E-state index is 15.1. The van der Waals surface area contributed by atoms with Crippen molar-refractivity contribution in [1.82, 2.24) is 29.7 Å². The Morgan fingerprint density at radius 2 is 1.20 bits per heavy atom. The van der Waals surface area contributed by atoms with Crippen molar-refractivity contribution in [3.8, 4) is 5.88 Å². The number of ether oxygens (including phenoxy) is 3. The summed E-state index contributed by atoms with van der Waals surface area (Å²) in [7, 11) is 9.87. The van der Waals surface area contributed by atoms with Gasteiger partial charge in [-0.15, -0.1) is 0 Å². The molecule has 2 aromatic carbocycles. The SMILES string of the molecule is CN(C)C(=O)[C@]12C[C@H]1[C@@](C)(c1cc(/C=C(\F)c3cnc(Br)cn3)ccc1F)N=C(N)S2.COC[C@H](C)O.COC[C@H](C)Oc1cnc(/C(F)=C/c2ccc(F)c([C@@]3(C)N=C(N)S[C@@]4(C(=O)N(C)C)C[C@H]43)c2)cn1.O=CO[O-].[Cs+].[Cs+].[H-]. The molecule has 8 rings (SSSR count). The Morgan fingerprint density at radius 1 is 0.785 bits per heavy atom. The van der Waals surface area contributed by atoms with Crippen LogP contribution in [0, 0.1) is 23.5 Å². The van der Waals surface area contributed by atoms with Crippen molar-refractivity contribution in [3.63, 3.8) is 0 Å². The summed E-state index contributed by atoms with van der Waals surface area (Å²) in [5.41, 5.74) is 11.5. The first-order chi connectivity index (χ1) is 36.2. The van der Waals surface area contributed by atoms with Gasteiger partial charge in [-0.3, -0.25) is 24.4 Å². The number of hydrogen-bond donors (Lipinski definition) is 3. The third-order valence-electron chi connectivity index (χ3n) is 12.5. The number of nitrogens with zero attached hydrogens (tertiary/aromatic N) is 8. The maximum Gasteiger partial charge on any atom is 1.00 e. The average Bonchev–Trinajstić information content (AvgIpc) is 4.31. The number of amidine groups is 2. The standard InChI is InChI=1S/C25H29F2N5O3S.C21H20BrF2N5OS.C4H10O2.CH2O3.2Cs.H/c1-14(13-34-5)35-21-12-29-19(11-30-21)18(27)9-15-6-7-17(26)16(8-15)24(2)20-10-25(20,22(33)32(3)4)36-23(28)31-24;1-20(16-8-21(16,18(30)29(2)3)31-19(25)28-20)12-6-11(4-5-13(12)23)7-14(24)15-9-27-17(22)10-26-15;1-4(5)3-6-2;2-1-4-3;;;/h6-9,11-12,14,20H,10,13H2,1-5H3,(H2,28,31);4-7,9-10,16H,8H2,1-3H3,(H2,25,28);4-5H,3H2,1-2H3;1,3H;;;/q;;;;2*+1;-1/p-1/b18-9-;14-7-;;;;;/t14-,20-,24+,25-;16-,20+,21-;4-;;;;/m000..../s1. The predicted molar refractivity (Wildman–Crippen MR) is 289 cm³/mol. The van der Waals surface area contributed by atoms with Crippen LogP contribution in [0.25, 0.3) is 23.8 Å². The molecule has 2 saturated carbocycles. The number of thioether (sulfide) groups is 2. The molecule has 0 radical (unpaired) electrons. The minimum Gasteiger partial charge on any atom is -1.00 e. The fourth-order valence-corrected chi connectivity index (χ4v) is 12.2. The predicted octanol–water partition coefficient (Wildman–Crippen LogP) is 0.159. The van der Waals surface area contributed by atoms with E-state index in [0.29, 0.717) is 41.8 Å². The first-order valence-electron chi connectivity index (χ1n) is 23.5. The third-order valence-corrected chi connectivity index (χ3v) is 15.5. The molecule has 2 aliphatic carbocycles. The van der Waals surface area contributed by atoms with E-state index >= 15 is 8.78 Å². The second-order valence-corrected chi connectivity index (χ2v) is 22.4. The average molecular weight is 1440 g/mol. The Morgan fingerprint density at radius 3 is 1.53 bits per heavy atom. The van der Waals surface area contributed by atoms with Gasteiger partial charge < -0.3 is 52.2 Å². The first kappa shape index (κ1) is 71.3. The Bertz CT molecular complexity index is 2910. The van der Waals surface area contributed by atoms with Gasteiger partial charge in [-0.1, -0.05) is 35.7 Å². The number of aliphatic hydroxyl groups is 1. The van der Waals surface area contributed by atoms with Crippen LogP contribution >= 0.6 is 39.5 Å². The second-order valence-electron chi connectivity index (χ2n) is 18.9. The Labute approximate surface area is 592 Å². The summed E-state index contributed by atoms with van der Waals surface area (Å²) in [6.45, 7) is 7.67. The molecule has 19 nitrogen and oxygen atoms in total. The number of aromatic nitrogens is 4. The molecule has 2 aromatic heterocycles. The van der Waals surface area contributed by atoms with Crippen LogP contribution in [0.1, 0.15) is 75.6 Å². The van der Waals surface area contributed by atoms with Crippen molar-refractivity contribution < 1.29 is 201 Å². The second kappa shape index (κ2) is 31.3. The normalized spacial score (nSPS) is 24.0. The minimum atomic E-state index is -1.07. The molecule has 4 heterocycles. The van der Waals surface area contributed by atoms with Crippen molar-refractivity contribution in [2.75, 3.05) is 55.6 Å². The molecule has 2 amide bonds. The number of halogens is 5. The van der Waals surface area contributed by atoms with E-state index in [4.69, 9.17) is 36.1 Å². The number of aliphatic imine (C=N–C) groups is 2. The summed E-state index contributed by atoms with van der Waals surface area (Å²) < 4.78 is 73.8. The number of hydrogen-bond acceptors (Lipinski definition) is 19. The molecule has 8 atom stereocenters. The molecular formula is C51H61BrCs2F4N10O9S2. The molecule has 4 aliphatic rings. The molecule has 4 aromatic rings. The molecule has 2 aliphatic heterocycles. The summed E-state index contributed by atoms with van der Waals surface area (Å²) in [6.07, 6.45) is 8.31. The van der Waals surface area contributed by atoms with Crippen LogP contribution in [0.15, 0.2) is 75.8 Å². The van der Waals surface area contributed by atoms with E-state index in [2.05, 4.69) is 55.5 Å². The van der Waals surface area contributed by atoms with Gasteiger partial charge in [0.25, 0.3) is 6.47 Å². The quantitative estimate of drug-likeness (QED) is 0.0620. The van der Waals surface area contributed by atoms with E-state index in [9.17, 15) is 18.4 Å². The zero-order chi connectivity index (χ0) is 57.2. The largest absolute Gasteiger partial charge is 1.00 e. The molecule has 0 unspecified atom stereocenters. The van der Waals surface area contributed by atoms with E-state index in [1.54, 1.807) is 75.3 Å². The number of fused-ring (bicyclic) bond motifs is 2. The zero-order valence-corrected chi connectivity index (χ0v) is 61.6. The summed E-state index contributed by atoms with van der Waals surface area (Å²) in [5.74, 6) is -2.58. The smallest absolute Gasteiger partial charge is 1.00 e. The Kier molecular flexibility index (Phi) is 28.2. The van der Waals surface area contributed by atoms with Gasteiger partial charge in [0.15, 0.2) is 22.0 Å². The van der Waals surface area contributed by atoms with Crippen LogP contribution in [0.2, 0.25) is 0 Å². The summed E-state index contributed by atoms with van der Waals surface area (Å²) in [4.78, 5) is 65.3. The number of carbonyl (C=O) groups is 3. The Hall–Kier alpha value is -1.93.